The van der Waals surface area contributed by atoms with E-state index in [0.29, 0.717) is 23.2 Å². The fourth-order valence-corrected chi connectivity index (χ4v) is 2.67. The predicted molar refractivity (Wildman–Crippen MR) is 81.0 cm³/mol. The van der Waals surface area contributed by atoms with Gasteiger partial charge in [0.05, 0.1) is 0 Å². The first-order valence-electron chi connectivity index (χ1n) is 7.20. The van der Waals surface area contributed by atoms with Crippen molar-refractivity contribution in [2.24, 2.45) is 10.9 Å². The maximum atomic E-state index is 12.3. The minimum absolute atomic E-state index is 0.0280. The van der Waals surface area contributed by atoms with Crippen LogP contribution in [0.25, 0.3) is 0 Å². The molecule has 1 fully saturated rings. The van der Waals surface area contributed by atoms with Gasteiger partial charge in [-0.15, -0.1) is 0 Å². The van der Waals surface area contributed by atoms with E-state index in [9.17, 15) is 4.79 Å². The number of amides is 1. The molecule has 1 amide bonds. The number of nitrogens with one attached hydrogen (secondary N) is 1. The lowest BCUT2D eigenvalue weighted by molar-refractivity contribution is 0.0370. The zero-order chi connectivity index (χ0) is 15.4. The summed E-state index contributed by atoms with van der Waals surface area (Å²) in [6.45, 7) is 4.24. The highest BCUT2D eigenvalue weighted by molar-refractivity contribution is 5.99. The van der Waals surface area contributed by atoms with E-state index in [1.54, 1.807) is 24.3 Å². The number of hydrazine groups is 1. The number of nitrogens with zero attached hydrogens (tertiary/aromatic N) is 2. The highest BCUT2D eigenvalue weighted by Crippen LogP contribution is 2.20. The molecule has 0 saturated carbocycles. The Balaban J connectivity index is 2.06. The number of rotatable bonds is 3. The molecule has 2 atom stereocenters. The summed E-state index contributed by atoms with van der Waals surface area (Å²) in [5.41, 5.74) is 9.61. The van der Waals surface area contributed by atoms with Crippen LogP contribution in [0.2, 0.25) is 0 Å². The fraction of sp³-hybridized carbons (Fsp3) is 0.467. The van der Waals surface area contributed by atoms with Crippen LogP contribution < -0.4 is 11.2 Å². The van der Waals surface area contributed by atoms with E-state index in [-0.39, 0.29) is 11.7 Å². The van der Waals surface area contributed by atoms with Crippen molar-refractivity contribution < 1.29 is 10.0 Å². The molecule has 2 rings (SSSR count). The van der Waals surface area contributed by atoms with Gasteiger partial charge in [-0.2, -0.15) is 0 Å². The van der Waals surface area contributed by atoms with Crippen LogP contribution in [0.5, 0.6) is 0 Å². The van der Waals surface area contributed by atoms with Gasteiger partial charge in [-0.1, -0.05) is 23.7 Å². The van der Waals surface area contributed by atoms with Crippen molar-refractivity contribution in [1.82, 2.24) is 10.4 Å². The van der Waals surface area contributed by atoms with Crippen LogP contribution in [0.4, 0.5) is 0 Å². The van der Waals surface area contributed by atoms with E-state index in [2.05, 4.69) is 24.4 Å². The van der Waals surface area contributed by atoms with Crippen molar-refractivity contribution in [3.05, 3.63) is 35.4 Å². The second-order valence-corrected chi connectivity index (χ2v) is 5.54. The molecule has 21 heavy (non-hydrogen) atoms. The van der Waals surface area contributed by atoms with Crippen LogP contribution in [-0.2, 0) is 0 Å². The monoisotopic (exact) mass is 290 g/mol. The first-order chi connectivity index (χ1) is 10.0. The van der Waals surface area contributed by atoms with Crippen molar-refractivity contribution in [3.63, 3.8) is 0 Å². The van der Waals surface area contributed by atoms with Crippen molar-refractivity contribution in [1.29, 1.82) is 0 Å². The van der Waals surface area contributed by atoms with E-state index in [1.807, 2.05) is 5.01 Å². The lowest BCUT2D eigenvalue weighted by atomic mass is 10.00. The fourth-order valence-electron chi connectivity index (χ4n) is 2.67. The van der Waals surface area contributed by atoms with Crippen molar-refractivity contribution in [3.8, 4) is 0 Å². The van der Waals surface area contributed by atoms with E-state index < -0.39 is 0 Å². The summed E-state index contributed by atoms with van der Waals surface area (Å²) >= 11 is 0. The van der Waals surface area contributed by atoms with Gasteiger partial charge in [0.2, 0.25) is 0 Å². The summed E-state index contributed by atoms with van der Waals surface area (Å²) in [7, 11) is 0. The normalized spacial score (nSPS) is 23.8. The Morgan fingerprint density at radius 2 is 1.76 bits per heavy atom. The molecule has 2 unspecified atom stereocenters. The SMILES string of the molecule is CC1CCCC(C)N1NC(=O)c1ccc(/C(N)=N/O)cc1. The highest BCUT2D eigenvalue weighted by atomic mass is 16.4. The number of carbonyl (C=O) groups is 1. The van der Waals surface area contributed by atoms with Crippen molar-refractivity contribution in [2.45, 2.75) is 45.2 Å². The second-order valence-electron chi connectivity index (χ2n) is 5.54. The van der Waals surface area contributed by atoms with Gasteiger partial charge in [0.25, 0.3) is 5.91 Å². The van der Waals surface area contributed by atoms with Crippen LogP contribution in [0, 0.1) is 0 Å². The Morgan fingerprint density at radius 3 is 2.29 bits per heavy atom. The minimum atomic E-state index is -0.137. The lowest BCUT2D eigenvalue weighted by Gasteiger charge is -2.38. The quantitative estimate of drug-likeness (QED) is 0.342. The second kappa shape index (κ2) is 6.58. The van der Waals surface area contributed by atoms with Crippen LogP contribution in [0.1, 0.15) is 49.0 Å². The third-order valence-electron chi connectivity index (χ3n) is 3.97. The molecular weight excluding hydrogens is 268 g/mol. The van der Waals surface area contributed by atoms with Gasteiger partial charge in [-0.25, -0.2) is 5.01 Å². The minimum Gasteiger partial charge on any atom is -0.409 e. The Bertz CT molecular complexity index is 517. The largest absolute Gasteiger partial charge is 0.409 e. The standard InChI is InChI=1S/C15H22N4O2/c1-10-4-3-5-11(2)19(10)17-15(20)13-8-6-12(7-9-13)14(16)18-21/h6-11,21H,3-5H2,1-2H3,(H2,16,18)(H,17,20). The summed E-state index contributed by atoms with van der Waals surface area (Å²) < 4.78 is 0. The summed E-state index contributed by atoms with van der Waals surface area (Å²) in [5.74, 6) is -0.109. The predicted octanol–water partition coefficient (Wildman–Crippen LogP) is 1.69. The molecule has 0 spiro atoms. The molecule has 114 valence electrons. The number of nitrogens with two attached hydrogens (primary N) is 1. The molecule has 1 aliphatic rings. The molecule has 4 N–H and O–H groups in total. The van der Waals surface area contributed by atoms with Crippen LogP contribution >= 0.6 is 0 Å². The molecule has 1 aromatic carbocycles. The first kappa shape index (κ1) is 15.3. The third-order valence-corrected chi connectivity index (χ3v) is 3.97. The number of carbonyl (C=O) groups excluding carboxylic acids is 1. The average molecular weight is 290 g/mol. The van der Waals surface area contributed by atoms with E-state index in [0.717, 1.165) is 12.8 Å². The summed E-state index contributed by atoms with van der Waals surface area (Å²) in [6.07, 6.45) is 3.38. The van der Waals surface area contributed by atoms with E-state index in [4.69, 9.17) is 10.9 Å². The number of hydrogen-bond donors (Lipinski definition) is 3. The van der Waals surface area contributed by atoms with Gasteiger partial charge >= 0.3 is 0 Å². The molecule has 0 aromatic heterocycles. The van der Waals surface area contributed by atoms with Gasteiger partial charge in [0, 0.05) is 23.2 Å². The Hall–Kier alpha value is -2.08. The number of piperidine rings is 1. The zero-order valence-electron chi connectivity index (χ0n) is 12.4. The molecule has 1 saturated heterocycles. The molecule has 0 bridgehead atoms. The number of benzene rings is 1. The average Bonchev–Trinajstić information content (AvgIpc) is 2.50. The summed E-state index contributed by atoms with van der Waals surface area (Å²) in [6, 6.07) is 7.34. The molecule has 1 heterocycles. The van der Waals surface area contributed by atoms with Gasteiger partial charge in [0.1, 0.15) is 0 Å². The molecule has 1 aliphatic heterocycles. The number of hydrogen-bond acceptors (Lipinski definition) is 4. The van der Waals surface area contributed by atoms with Crippen LogP contribution in [0.15, 0.2) is 29.4 Å². The number of oxime groups is 1. The van der Waals surface area contributed by atoms with Gasteiger partial charge in [0.15, 0.2) is 5.84 Å². The van der Waals surface area contributed by atoms with Gasteiger partial charge in [-0.05, 0) is 38.8 Å². The summed E-state index contributed by atoms with van der Waals surface area (Å²) in [4.78, 5) is 12.3. The Morgan fingerprint density at radius 1 is 1.24 bits per heavy atom. The first-order valence-corrected chi connectivity index (χ1v) is 7.20. The molecule has 6 heteroatoms. The molecule has 0 aliphatic carbocycles. The van der Waals surface area contributed by atoms with Gasteiger partial charge in [-0.3, -0.25) is 10.2 Å². The maximum Gasteiger partial charge on any atom is 0.265 e. The zero-order valence-corrected chi connectivity index (χ0v) is 12.4. The topological polar surface area (TPSA) is 91.0 Å². The summed E-state index contributed by atoms with van der Waals surface area (Å²) in [5, 5.41) is 13.6. The number of amidine groups is 1. The maximum absolute atomic E-state index is 12.3. The van der Waals surface area contributed by atoms with E-state index >= 15 is 0 Å². The highest BCUT2D eigenvalue weighted by Gasteiger charge is 2.26. The Labute approximate surface area is 124 Å². The van der Waals surface area contributed by atoms with Crippen molar-refractivity contribution >= 4 is 11.7 Å². The Kier molecular flexibility index (Phi) is 4.80. The van der Waals surface area contributed by atoms with Gasteiger partial charge < -0.3 is 10.9 Å². The van der Waals surface area contributed by atoms with Crippen LogP contribution in [0.3, 0.4) is 0 Å². The van der Waals surface area contributed by atoms with Crippen LogP contribution in [-0.4, -0.2) is 34.0 Å². The third kappa shape index (κ3) is 3.52. The van der Waals surface area contributed by atoms with E-state index in [1.165, 1.54) is 6.42 Å². The smallest absolute Gasteiger partial charge is 0.265 e. The molecule has 0 radical (unpaired) electrons. The lowest BCUT2D eigenvalue weighted by Crippen LogP contribution is -2.54. The molecule has 6 nitrogen and oxygen atoms in total. The van der Waals surface area contributed by atoms with Crippen molar-refractivity contribution in [2.75, 3.05) is 0 Å². The molecular formula is C15H22N4O2. The molecule has 1 aromatic rings.